The molecule has 0 heterocycles. The molecule has 2 aromatic rings. The predicted molar refractivity (Wildman–Crippen MR) is 114 cm³/mol. The van der Waals surface area contributed by atoms with Crippen molar-refractivity contribution in [1.82, 2.24) is 0 Å². The Morgan fingerprint density at radius 1 is 1.03 bits per heavy atom. The largest absolute Gasteiger partial charge is 0.461 e. The molecule has 2 aromatic carbocycles. The molecule has 0 saturated heterocycles. The second kappa shape index (κ2) is 9.00. The van der Waals surface area contributed by atoms with Gasteiger partial charge in [0.15, 0.2) is 0 Å². The molecule has 152 valence electrons. The second-order valence-electron chi connectivity index (χ2n) is 8.15. The number of carbonyl (C=O) groups is 2. The Balaban J connectivity index is 1.46. The van der Waals surface area contributed by atoms with Gasteiger partial charge in [-0.2, -0.15) is 0 Å². The van der Waals surface area contributed by atoms with Crippen LogP contribution in [-0.4, -0.2) is 11.9 Å². The van der Waals surface area contributed by atoms with Crippen molar-refractivity contribution in [2.45, 2.75) is 51.0 Å². The molecule has 29 heavy (non-hydrogen) atoms. The summed E-state index contributed by atoms with van der Waals surface area (Å²) in [6.45, 7) is 0.238. The van der Waals surface area contributed by atoms with E-state index in [4.69, 9.17) is 16.3 Å². The molecule has 2 aliphatic rings. The molecule has 1 amide bonds. The van der Waals surface area contributed by atoms with Crippen LogP contribution in [0.5, 0.6) is 0 Å². The number of carbonyl (C=O) groups excluding carboxylic acids is 2. The van der Waals surface area contributed by atoms with Crippen molar-refractivity contribution >= 4 is 29.2 Å². The minimum Gasteiger partial charge on any atom is -0.461 e. The molecule has 2 fully saturated rings. The third-order valence-electron chi connectivity index (χ3n) is 5.87. The van der Waals surface area contributed by atoms with Crippen LogP contribution in [-0.2, 0) is 20.9 Å². The van der Waals surface area contributed by atoms with Gasteiger partial charge in [0, 0.05) is 10.7 Å². The molecule has 5 heteroatoms. The van der Waals surface area contributed by atoms with Gasteiger partial charge in [-0.05, 0) is 67.0 Å². The highest BCUT2D eigenvalue weighted by molar-refractivity contribution is 6.30. The summed E-state index contributed by atoms with van der Waals surface area (Å²) < 4.78 is 5.36. The Labute approximate surface area is 176 Å². The molecule has 0 bridgehead atoms. The number of halogens is 1. The highest BCUT2D eigenvalue weighted by Crippen LogP contribution is 2.38. The zero-order valence-electron chi connectivity index (χ0n) is 16.4. The average Bonchev–Trinajstić information content (AvgIpc) is 3.44. The number of ether oxygens (including phenoxy) is 1. The zero-order valence-corrected chi connectivity index (χ0v) is 17.2. The minimum absolute atomic E-state index is 0.00588. The molecule has 2 aliphatic carbocycles. The van der Waals surface area contributed by atoms with Crippen LogP contribution in [0.25, 0.3) is 0 Å². The van der Waals surface area contributed by atoms with Crippen molar-refractivity contribution in [2.75, 3.05) is 5.32 Å². The van der Waals surface area contributed by atoms with Crippen molar-refractivity contribution < 1.29 is 14.3 Å². The smallest absolute Gasteiger partial charge is 0.309 e. The van der Waals surface area contributed by atoms with Crippen LogP contribution in [0.2, 0.25) is 5.02 Å². The van der Waals surface area contributed by atoms with E-state index >= 15 is 0 Å². The lowest BCUT2D eigenvalue weighted by Crippen LogP contribution is -2.26. The van der Waals surface area contributed by atoms with Gasteiger partial charge >= 0.3 is 5.97 Å². The van der Waals surface area contributed by atoms with Crippen molar-refractivity contribution in [2.24, 2.45) is 11.8 Å². The number of hydrogen-bond acceptors (Lipinski definition) is 3. The van der Waals surface area contributed by atoms with E-state index in [1.807, 2.05) is 48.5 Å². The van der Waals surface area contributed by atoms with Crippen LogP contribution in [0.15, 0.2) is 48.5 Å². The van der Waals surface area contributed by atoms with Crippen molar-refractivity contribution in [3.05, 3.63) is 64.7 Å². The van der Waals surface area contributed by atoms with Crippen LogP contribution in [0.3, 0.4) is 0 Å². The second-order valence-corrected chi connectivity index (χ2v) is 8.58. The zero-order chi connectivity index (χ0) is 20.2. The number of esters is 1. The molecular weight excluding hydrogens is 386 g/mol. The standard InChI is InChI=1S/C24H26ClNO3/c25-20-12-10-18(11-13-20)22(17-5-1-2-6-17)23(27)26-21-7-3-4-16(14-21)15-29-24(28)19-8-9-19/h3-4,7,10-14,17,19,22H,1-2,5-6,8-9,15H2,(H,26,27)/t22-/m0/s1. The van der Waals surface area contributed by atoms with Gasteiger partial charge < -0.3 is 10.1 Å². The number of hydrogen-bond donors (Lipinski definition) is 1. The fourth-order valence-electron chi connectivity index (χ4n) is 4.15. The Kier molecular flexibility index (Phi) is 6.19. The minimum atomic E-state index is -0.189. The highest BCUT2D eigenvalue weighted by Gasteiger charge is 2.32. The fourth-order valence-corrected chi connectivity index (χ4v) is 4.27. The summed E-state index contributed by atoms with van der Waals surface area (Å²) in [6, 6.07) is 15.1. The summed E-state index contributed by atoms with van der Waals surface area (Å²) in [6.07, 6.45) is 6.34. The molecule has 0 aromatic heterocycles. The van der Waals surface area contributed by atoms with E-state index in [9.17, 15) is 9.59 Å². The van der Waals surface area contributed by atoms with Crippen LogP contribution < -0.4 is 5.32 Å². The van der Waals surface area contributed by atoms with Crippen molar-refractivity contribution in [1.29, 1.82) is 0 Å². The van der Waals surface area contributed by atoms with E-state index in [1.165, 1.54) is 12.8 Å². The number of anilines is 1. The number of rotatable bonds is 7. The number of benzene rings is 2. The van der Waals surface area contributed by atoms with E-state index in [2.05, 4.69) is 5.32 Å². The average molecular weight is 412 g/mol. The number of amides is 1. The normalized spacial score (nSPS) is 17.7. The molecular formula is C24H26ClNO3. The van der Waals surface area contributed by atoms with Gasteiger partial charge in [0.1, 0.15) is 6.61 Å². The predicted octanol–water partition coefficient (Wildman–Crippen LogP) is 5.71. The number of nitrogens with one attached hydrogen (secondary N) is 1. The lowest BCUT2D eigenvalue weighted by molar-refractivity contribution is -0.146. The Hall–Kier alpha value is -2.33. The van der Waals surface area contributed by atoms with Gasteiger partial charge in [0.25, 0.3) is 0 Å². The molecule has 0 aliphatic heterocycles. The Bertz CT molecular complexity index is 870. The monoisotopic (exact) mass is 411 g/mol. The lowest BCUT2D eigenvalue weighted by atomic mass is 9.84. The first-order chi connectivity index (χ1) is 14.1. The maximum absolute atomic E-state index is 13.2. The Morgan fingerprint density at radius 2 is 1.76 bits per heavy atom. The topological polar surface area (TPSA) is 55.4 Å². The van der Waals surface area contributed by atoms with Crippen LogP contribution in [0.4, 0.5) is 5.69 Å². The first-order valence-electron chi connectivity index (χ1n) is 10.4. The third kappa shape index (κ3) is 5.18. The van der Waals surface area contributed by atoms with E-state index in [-0.39, 0.29) is 30.3 Å². The summed E-state index contributed by atoms with van der Waals surface area (Å²) >= 11 is 6.04. The van der Waals surface area contributed by atoms with Gasteiger partial charge in [0.05, 0.1) is 11.8 Å². The third-order valence-corrected chi connectivity index (χ3v) is 6.12. The highest BCUT2D eigenvalue weighted by atomic mass is 35.5. The maximum atomic E-state index is 13.2. The molecule has 0 spiro atoms. The van der Waals surface area contributed by atoms with E-state index in [0.29, 0.717) is 10.9 Å². The molecule has 4 rings (SSSR count). The first-order valence-corrected chi connectivity index (χ1v) is 10.8. The van der Waals surface area contributed by atoms with Gasteiger partial charge in [-0.3, -0.25) is 9.59 Å². The van der Waals surface area contributed by atoms with Crippen LogP contribution in [0, 0.1) is 11.8 Å². The summed E-state index contributed by atoms with van der Waals surface area (Å²) in [4.78, 5) is 25.0. The summed E-state index contributed by atoms with van der Waals surface area (Å²) in [5, 5.41) is 3.76. The van der Waals surface area contributed by atoms with Crippen LogP contribution in [0.1, 0.15) is 55.6 Å². The summed E-state index contributed by atoms with van der Waals surface area (Å²) in [5.74, 6) is 0.129. The maximum Gasteiger partial charge on any atom is 0.309 e. The summed E-state index contributed by atoms with van der Waals surface area (Å²) in [7, 11) is 0. The molecule has 1 N–H and O–H groups in total. The Morgan fingerprint density at radius 3 is 2.45 bits per heavy atom. The van der Waals surface area contributed by atoms with E-state index < -0.39 is 0 Å². The van der Waals surface area contributed by atoms with E-state index in [1.54, 1.807) is 0 Å². The molecule has 0 unspecified atom stereocenters. The lowest BCUT2D eigenvalue weighted by Gasteiger charge is -2.23. The first kappa shape index (κ1) is 20.0. The van der Waals surface area contributed by atoms with Gasteiger partial charge in [-0.25, -0.2) is 0 Å². The van der Waals surface area contributed by atoms with Gasteiger partial charge in [-0.1, -0.05) is 48.7 Å². The quantitative estimate of drug-likeness (QED) is 0.594. The molecule has 1 atom stereocenters. The molecule has 0 radical (unpaired) electrons. The van der Waals surface area contributed by atoms with Crippen molar-refractivity contribution in [3.63, 3.8) is 0 Å². The summed E-state index contributed by atoms with van der Waals surface area (Å²) in [5.41, 5.74) is 2.61. The van der Waals surface area contributed by atoms with Gasteiger partial charge in [-0.15, -0.1) is 0 Å². The van der Waals surface area contributed by atoms with Gasteiger partial charge in [0.2, 0.25) is 5.91 Å². The SMILES string of the molecule is O=C(OCc1cccc(NC(=O)[C@H](c2ccc(Cl)cc2)C2CCCC2)c1)C1CC1. The van der Waals surface area contributed by atoms with Crippen LogP contribution >= 0.6 is 11.6 Å². The fraction of sp³-hybridized carbons (Fsp3) is 0.417. The molecule has 2 saturated carbocycles. The molecule has 4 nitrogen and oxygen atoms in total. The van der Waals surface area contributed by atoms with E-state index in [0.717, 1.165) is 42.5 Å². The van der Waals surface area contributed by atoms with Crippen molar-refractivity contribution in [3.8, 4) is 0 Å².